The molecule has 0 heterocycles. The van der Waals surface area contributed by atoms with Gasteiger partial charge >= 0.3 is 29.8 Å². The van der Waals surface area contributed by atoms with E-state index < -0.39 is 36.1 Å². The molecular weight excluding hydrogens is 783 g/mol. The van der Waals surface area contributed by atoms with E-state index in [1.54, 1.807) is 66.4 Å². The smallest absolute Gasteiger partial charge is 0.333 e. The Morgan fingerprint density at radius 1 is 0.426 bits per heavy atom. The van der Waals surface area contributed by atoms with Gasteiger partial charge in [-0.25, -0.2) is 24.0 Å². The van der Waals surface area contributed by atoms with Gasteiger partial charge in [-0.05, 0) is 135 Å². The van der Waals surface area contributed by atoms with Crippen LogP contribution in [-0.4, -0.2) is 41.2 Å². The Morgan fingerprint density at radius 2 is 0.639 bits per heavy atom. The van der Waals surface area contributed by atoms with Gasteiger partial charge in [-0.2, -0.15) is 0 Å². The van der Waals surface area contributed by atoms with Crippen molar-refractivity contribution in [1.82, 2.24) is 0 Å². The van der Waals surface area contributed by atoms with Gasteiger partial charge < -0.3 is 38.4 Å². The molecule has 0 saturated heterocycles. The minimum absolute atomic E-state index is 0.102. The van der Waals surface area contributed by atoms with E-state index in [1.165, 1.54) is 34.6 Å². The van der Waals surface area contributed by atoms with Crippen molar-refractivity contribution in [2.75, 3.05) is 4.90 Å². The number of esters is 5. The van der Waals surface area contributed by atoms with Gasteiger partial charge in [0.15, 0.2) is 6.29 Å². The average Bonchev–Trinajstić information content (AvgIpc) is 3.20. The molecule has 0 amide bonds. The van der Waals surface area contributed by atoms with Crippen LogP contribution in [0.15, 0.2) is 128 Å². The first-order valence-electron chi connectivity index (χ1n) is 18.9. The molecule has 0 spiro atoms. The molecule has 0 aromatic heterocycles. The first kappa shape index (κ1) is 48.5. The van der Waals surface area contributed by atoms with E-state index in [2.05, 4.69) is 39.5 Å². The normalized spacial score (nSPS) is 11.0. The molecule has 3 rings (SSSR count). The number of carbonyl (C=O) groups excluding carboxylic acids is 5. The molecule has 322 valence electrons. The minimum atomic E-state index is -1.28. The number of hydrogen-bond donors (Lipinski definition) is 1. The number of aliphatic hydroxyl groups excluding tert-OH is 1. The molecular formula is C48H53NO12. The van der Waals surface area contributed by atoms with Gasteiger partial charge in [-0.3, -0.25) is 0 Å². The van der Waals surface area contributed by atoms with Crippen LogP contribution in [0.25, 0.3) is 0 Å². The number of hydrogen-bond acceptors (Lipinski definition) is 13. The molecule has 0 aliphatic carbocycles. The Labute approximate surface area is 356 Å². The number of rotatable bonds is 22. The van der Waals surface area contributed by atoms with Crippen molar-refractivity contribution in [2.24, 2.45) is 0 Å². The number of anilines is 3. The van der Waals surface area contributed by atoms with Gasteiger partial charge in [0.05, 0.1) is 6.61 Å². The molecule has 3 aromatic rings. The van der Waals surface area contributed by atoms with E-state index in [-0.39, 0.29) is 67.5 Å². The third kappa shape index (κ3) is 15.4. The zero-order valence-corrected chi connectivity index (χ0v) is 35.6. The summed E-state index contributed by atoms with van der Waals surface area (Å²) in [5, 5.41) is 10.5. The maximum Gasteiger partial charge on any atom is 0.333 e. The number of benzene rings is 3. The molecule has 0 saturated carbocycles. The highest BCUT2D eigenvalue weighted by atomic mass is 16.6. The highest BCUT2D eigenvalue weighted by molar-refractivity contribution is 5.89. The van der Waals surface area contributed by atoms with Crippen molar-refractivity contribution < 1.29 is 57.5 Å². The average molecular weight is 836 g/mol. The van der Waals surface area contributed by atoms with Crippen LogP contribution in [0, 0.1) is 0 Å². The molecule has 1 atom stereocenters. The number of aliphatic hydroxyl groups is 1. The van der Waals surface area contributed by atoms with E-state index in [0.29, 0.717) is 56.0 Å². The van der Waals surface area contributed by atoms with E-state index in [0.717, 1.165) is 0 Å². The standard InChI is InChI=1S/C48H53NO12/c1-28(2)43(50)56-22-34-13-35(23-57-44(51)29(3)4)17-40(16-34)49(41-18-36(24-58-45(52)30(5)6)14-37(19-41)25-59-46(53)31(7)8)42-20-38(26-60-47(54)32(9)10)15-39(21-42)27-61-48(55)33(11)12/h13-21,43,50H,1,3,5,7,9,11,22-27H2,2,4,6,8,10,12H3. The van der Waals surface area contributed by atoms with Crippen molar-refractivity contribution in [3.05, 3.63) is 161 Å². The monoisotopic (exact) mass is 835 g/mol. The van der Waals surface area contributed by atoms with Crippen molar-refractivity contribution in [2.45, 2.75) is 87.5 Å². The van der Waals surface area contributed by atoms with E-state index in [4.69, 9.17) is 28.4 Å². The van der Waals surface area contributed by atoms with Gasteiger partial charge in [0.1, 0.15) is 33.0 Å². The SMILES string of the molecule is C=C(C)C(=O)OCc1cc(COC(=O)C(=C)C)cc(N(c2cc(COC(=O)C(=C)C)cc(COC(=O)C(=C)C)c2)c2cc(COC(=O)C(=C)C)cc(COC(O)C(=C)C)c2)c1. The molecule has 13 heteroatoms. The van der Waals surface area contributed by atoms with Crippen LogP contribution in [0.4, 0.5) is 17.1 Å². The molecule has 0 aliphatic heterocycles. The number of nitrogens with zero attached hydrogens (tertiary/aromatic N) is 1. The highest BCUT2D eigenvalue weighted by Gasteiger charge is 2.21. The van der Waals surface area contributed by atoms with Crippen LogP contribution in [-0.2, 0) is 92.0 Å². The summed E-state index contributed by atoms with van der Waals surface area (Å²) in [4.78, 5) is 64.5. The lowest BCUT2D eigenvalue weighted by molar-refractivity contribution is -0.141. The second kappa shape index (κ2) is 22.5. The summed E-state index contributed by atoms with van der Waals surface area (Å²) in [6, 6.07) is 15.7. The van der Waals surface area contributed by atoms with Gasteiger partial charge in [0.2, 0.25) is 0 Å². The summed E-state index contributed by atoms with van der Waals surface area (Å²) in [7, 11) is 0. The molecule has 61 heavy (non-hydrogen) atoms. The maximum atomic E-state index is 12.5. The predicted octanol–water partition coefficient (Wildman–Crippen LogP) is 8.66. The van der Waals surface area contributed by atoms with E-state index >= 15 is 0 Å². The third-order valence-corrected chi connectivity index (χ3v) is 8.31. The zero-order chi connectivity index (χ0) is 45.6. The fraction of sp³-hybridized carbons (Fsp3) is 0.271. The molecule has 1 unspecified atom stereocenters. The van der Waals surface area contributed by atoms with Crippen LogP contribution < -0.4 is 4.90 Å². The Hall–Kier alpha value is -6.83. The summed E-state index contributed by atoms with van der Waals surface area (Å²) < 4.78 is 33.4. The largest absolute Gasteiger partial charge is 0.457 e. The number of ether oxygens (including phenoxy) is 6. The lowest BCUT2D eigenvalue weighted by Crippen LogP contribution is -2.16. The van der Waals surface area contributed by atoms with Gasteiger partial charge in [0, 0.05) is 44.9 Å². The quantitative estimate of drug-likeness (QED) is 0.0337. The minimum Gasteiger partial charge on any atom is -0.457 e. The van der Waals surface area contributed by atoms with Crippen LogP contribution in [0.1, 0.15) is 74.9 Å². The highest BCUT2D eigenvalue weighted by Crippen LogP contribution is 2.39. The van der Waals surface area contributed by atoms with Crippen LogP contribution >= 0.6 is 0 Å². The zero-order valence-electron chi connectivity index (χ0n) is 35.6. The molecule has 0 aliphatic rings. The van der Waals surface area contributed by atoms with Crippen LogP contribution in [0.2, 0.25) is 0 Å². The first-order chi connectivity index (χ1) is 28.6. The van der Waals surface area contributed by atoms with E-state index in [1.807, 2.05) is 0 Å². The van der Waals surface area contributed by atoms with Gasteiger partial charge in [0.25, 0.3) is 0 Å². The Kier molecular flexibility index (Phi) is 17.9. The molecule has 1 N–H and O–H groups in total. The maximum absolute atomic E-state index is 12.5. The summed E-state index contributed by atoms with van der Waals surface area (Å²) in [6.45, 7) is 30.2. The predicted molar refractivity (Wildman–Crippen MR) is 230 cm³/mol. The lowest BCUT2D eigenvalue weighted by atomic mass is 10.0. The summed E-state index contributed by atoms with van der Waals surface area (Å²) >= 11 is 0. The lowest BCUT2D eigenvalue weighted by Gasteiger charge is -2.29. The van der Waals surface area contributed by atoms with Crippen molar-refractivity contribution >= 4 is 46.9 Å². The van der Waals surface area contributed by atoms with Gasteiger partial charge in [-0.15, -0.1) is 0 Å². The molecule has 13 nitrogen and oxygen atoms in total. The van der Waals surface area contributed by atoms with Crippen LogP contribution in [0.5, 0.6) is 0 Å². The van der Waals surface area contributed by atoms with Crippen LogP contribution in [0.3, 0.4) is 0 Å². The molecule has 3 aromatic carbocycles. The summed E-state index contributed by atoms with van der Waals surface area (Å²) in [5.74, 6) is -3.11. The second-order valence-corrected chi connectivity index (χ2v) is 14.7. The Bertz CT molecular complexity index is 2060. The van der Waals surface area contributed by atoms with Gasteiger partial charge in [-0.1, -0.05) is 39.5 Å². The van der Waals surface area contributed by atoms with E-state index in [9.17, 15) is 29.1 Å². The Balaban J connectivity index is 2.44. The van der Waals surface area contributed by atoms with Crippen molar-refractivity contribution in [3.63, 3.8) is 0 Å². The summed E-state index contributed by atoms with van der Waals surface area (Å²) in [5.41, 5.74) is 5.77. The fourth-order valence-electron chi connectivity index (χ4n) is 5.24. The second-order valence-electron chi connectivity index (χ2n) is 14.7. The Morgan fingerprint density at radius 3 is 0.836 bits per heavy atom. The number of carbonyl (C=O) groups is 5. The molecule has 0 fully saturated rings. The fourth-order valence-corrected chi connectivity index (χ4v) is 5.24. The van der Waals surface area contributed by atoms with Crippen molar-refractivity contribution in [3.8, 4) is 0 Å². The summed E-state index contributed by atoms with van der Waals surface area (Å²) in [6.07, 6.45) is -1.28. The van der Waals surface area contributed by atoms with Crippen molar-refractivity contribution in [1.29, 1.82) is 0 Å². The molecule has 0 bridgehead atoms. The first-order valence-corrected chi connectivity index (χ1v) is 18.9. The topological polar surface area (TPSA) is 164 Å². The third-order valence-electron chi connectivity index (χ3n) is 8.31. The molecule has 0 radical (unpaired) electrons.